The zero-order valence-electron chi connectivity index (χ0n) is 10.3. The van der Waals surface area contributed by atoms with Gasteiger partial charge >= 0.3 is 11.9 Å². The molecule has 1 aromatic carbocycles. The van der Waals surface area contributed by atoms with Gasteiger partial charge < -0.3 is 20.8 Å². The number of aromatic carboxylic acids is 2. The van der Waals surface area contributed by atoms with Gasteiger partial charge in [-0.15, -0.1) is 0 Å². The largest absolute Gasteiger partial charge is 0.478 e. The minimum Gasteiger partial charge on any atom is -0.478 e. The Labute approximate surface area is 109 Å². The predicted molar refractivity (Wildman–Crippen MR) is 67.5 cm³/mol. The summed E-state index contributed by atoms with van der Waals surface area (Å²) in [7, 11) is 0. The Morgan fingerprint density at radius 1 is 1.05 bits per heavy atom. The fourth-order valence-corrected chi connectivity index (χ4v) is 1.39. The van der Waals surface area contributed by atoms with Crippen LogP contribution in [0.2, 0.25) is 0 Å². The van der Waals surface area contributed by atoms with Crippen LogP contribution in [0.4, 0.5) is 5.69 Å². The average Bonchev–Trinajstić information content (AvgIpc) is 2.35. The number of likely N-dealkylation sites (N-methyl/N-ethyl adjacent to an activating group) is 1. The summed E-state index contributed by atoms with van der Waals surface area (Å²) < 4.78 is 0. The molecule has 1 aromatic rings. The number of rotatable bonds is 6. The first kappa shape index (κ1) is 14.7. The summed E-state index contributed by atoms with van der Waals surface area (Å²) >= 11 is 0. The van der Waals surface area contributed by atoms with Crippen molar-refractivity contribution in [3.8, 4) is 0 Å². The van der Waals surface area contributed by atoms with E-state index in [0.29, 0.717) is 6.54 Å². The van der Waals surface area contributed by atoms with Crippen molar-refractivity contribution in [3.63, 3.8) is 0 Å². The van der Waals surface area contributed by atoms with E-state index in [-0.39, 0.29) is 29.3 Å². The van der Waals surface area contributed by atoms with E-state index in [1.54, 1.807) is 0 Å². The van der Waals surface area contributed by atoms with Crippen molar-refractivity contribution in [2.24, 2.45) is 0 Å². The summed E-state index contributed by atoms with van der Waals surface area (Å²) in [6.07, 6.45) is 0. The molecule has 0 saturated heterocycles. The van der Waals surface area contributed by atoms with Crippen LogP contribution in [0, 0.1) is 0 Å². The first-order chi connectivity index (χ1) is 8.93. The van der Waals surface area contributed by atoms with E-state index < -0.39 is 11.9 Å². The molecule has 0 spiro atoms. The van der Waals surface area contributed by atoms with Crippen molar-refractivity contribution in [2.75, 3.05) is 18.4 Å². The molecule has 0 saturated carbocycles. The second-order valence-corrected chi connectivity index (χ2v) is 3.74. The molecule has 0 aliphatic heterocycles. The minimum atomic E-state index is -1.26. The third kappa shape index (κ3) is 4.40. The number of amides is 1. The lowest BCUT2D eigenvalue weighted by Gasteiger charge is -2.08. The lowest BCUT2D eigenvalue weighted by atomic mass is 10.1. The smallest absolute Gasteiger partial charge is 0.335 e. The number of carboxylic acids is 2. The van der Waals surface area contributed by atoms with E-state index in [1.165, 1.54) is 12.1 Å². The van der Waals surface area contributed by atoms with Crippen LogP contribution >= 0.6 is 0 Å². The molecule has 7 heteroatoms. The highest BCUT2D eigenvalue weighted by Crippen LogP contribution is 2.15. The Morgan fingerprint density at radius 2 is 1.58 bits per heavy atom. The molecular formula is C12H14N2O5. The molecule has 7 nitrogen and oxygen atoms in total. The average molecular weight is 266 g/mol. The standard InChI is InChI=1S/C12H14N2O5/c1-2-13-6-10(15)14-9-4-7(11(16)17)3-8(5-9)12(18)19/h3-5,13H,2,6H2,1H3,(H,14,15)(H,16,17)(H,18,19). The van der Waals surface area contributed by atoms with Crippen LogP contribution in [0.15, 0.2) is 18.2 Å². The first-order valence-electron chi connectivity index (χ1n) is 5.56. The van der Waals surface area contributed by atoms with Crippen molar-refractivity contribution in [2.45, 2.75) is 6.92 Å². The number of hydrogen-bond donors (Lipinski definition) is 4. The molecule has 0 aliphatic carbocycles. The summed E-state index contributed by atoms with van der Waals surface area (Å²) in [6, 6.07) is 3.45. The topological polar surface area (TPSA) is 116 Å². The van der Waals surface area contributed by atoms with Crippen molar-refractivity contribution in [3.05, 3.63) is 29.3 Å². The molecule has 0 atom stereocenters. The van der Waals surface area contributed by atoms with Crippen LogP contribution in [0.3, 0.4) is 0 Å². The van der Waals surface area contributed by atoms with Gasteiger partial charge in [0.25, 0.3) is 0 Å². The number of nitrogens with one attached hydrogen (secondary N) is 2. The Balaban J connectivity index is 2.96. The second kappa shape index (κ2) is 6.50. The van der Waals surface area contributed by atoms with E-state index >= 15 is 0 Å². The van der Waals surface area contributed by atoms with E-state index in [1.807, 2.05) is 6.92 Å². The maximum Gasteiger partial charge on any atom is 0.335 e. The predicted octanol–water partition coefficient (Wildman–Crippen LogP) is 0.631. The highest BCUT2D eigenvalue weighted by Gasteiger charge is 2.12. The fraction of sp³-hybridized carbons (Fsp3) is 0.250. The zero-order chi connectivity index (χ0) is 14.4. The number of benzene rings is 1. The van der Waals surface area contributed by atoms with Crippen molar-refractivity contribution in [1.82, 2.24) is 5.32 Å². The molecule has 0 fully saturated rings. The summed E-state index contributed by atoms with van der Waals surface area (Å²) in [5.74, 6) is -2.89. The Morgan fingerprint density at radius 3 is 2.00 bits per heavy atom. The van der Waals surface area contributed by atoms with E-state index in [0.717, 1.165) is 6.07 Å². The van der Waals surface area contributed by atoms with Gasteiger partial charge in [0, 0.05) is 5.69 Å². The molecule has 19 heavy (non-hydrogen) atoms. The molecule has 102 valence electrons. The van der Waals surface area contributed by atoms with Gasteiger partial charge in [-0.25, -0.2) is 9.59 Å². The molecule has 4 N–H and O–H groups in total. The van der Waals surface area contributed by atoms with Crippen molar-refractivity contribution < 1.29 is 24.6 Å². The van der Waals surface area contributed by atoms with Crippen LogP contribution in [0.25, 0.3) is 0 Å². The zero-order valence-corrected chi connectivity index (χ0v) is 10.3. The van der Waals surface area contributed by atoms with Gasteiger partial charge in [-0.3, -0.25) is 4.79 Å². The van der Waals surface area contributed by atoms with Gasteiger partial charge in [0.05, 0.1) is 17.7 Å². The molecule has 0 aliphatic rings. The maximum absolute atomic E-state index is 11.5. The van der Waals surface area contributed by atoms with Gasteiger partial charge in [-0.2, -0.15) is 0 Å². The van der Waals surface area contributed by atoms with Crippen LogP contribution in [-0.4, -0.2) is 41.1 Å². The minimum absolute atomic E-state index is 0.0657. The monoisotopic (exact) mass is 266 g/mol. The maximum atomic E-state index is 11.5. The van der Waals surface area contributed by atoms with E-state index in [2.05, 4.69) is 10.6 Å². The van der Waals surface area contributed by atoms with Crippen molar-refractivity contribution in [1.29, 1.82) is 0 Å². The quantitative estimate of drug-likeness (QED) is 0.600. The van der Waals surface area contributed by atoms with Crippen LogP contribution < -0.4 is 10.6 Å². The lowest BCUT2D eigenvalue weighted by Crippen LogP contribution is -2.27. The number of carboxylic acid groups (broad SMARTS) is 2. The lowest BCUT2D eigenvalue weighted by molar-refractivity contribution is -0.115. The Kier molecular flexibility index (Phi) is 5.01. The molecule has 0 bridgehead atoms. The van der Waals surface area contributed by atoms with Crippen LogP contribution in [0.1, 0.15) is 27.6 Å². The first-order valence-corrected chi connectivity index (χ1v) is 5.56. The van der Waals surface area contributed by atoms with Gasteiger partial charge in [0.15, 0.2) is 0 Å². The third-order valence-corrected chi connectivity index (χ3v) is 2.25. The highest BCUT2D eigenvalue weighted by molar-refractivity contribution is 5.98. The van der Waals surface area contributed by atoms with Gasteiger partial charge in [-0.05, 0) is 24.7 Å². The summed E-state index contributed by atoms with van der Waals surface area (Å²) in [5, 5.41) is 23.0. The molecule has 0 radical (unpaired) electrons. The Hall–Kier alpha value is -2.41. The third-order valence-electron chi connectivity index (χ3n) is 2.25. The summed E-state index contributed by atoms with van der Waals surface area (Å²) in [4.78, 5) is 33.2. The molecule has 1 amide bonds. The van der Waals surface area contributed by atoms with Crippen molar-refractivity contribution >= 4 is 23.5 Å². The van der Waals surface area contributed by atoms with Gasteiger partial charge in [-0.1, -0.05) is 6.92 Å². The number of carbonyl (C=O) groups excluding carboxylic acids is 1. The molecule has 0 aromatic heterocycles. The van der Waals surface area contributed by atoms with Gasteiger partial charge in [0.2, 0.25) is 5.91 Å². The second-order valence-electron chi connectivity index (χ2n) is 3.74. The Bertz CT molecular complexity index is 481. The summed E-state index contributed by atoms with van der Waals surface area (Å²) in [5.41, 5.74) is -0.252. The number of carbonyl (C=O) groups is 3. The van der Waals surface area contributed by atoms with Crippen LogP contribution in [0.5, 0.6) is 0 Å². The summed E-state index contributed by atoms with van der Waals surface area (Å²) in [6.45, 7) is 2.51. The number of hydrogen-bond acceptors (Lipinski definition) is 4. The van der Waals surface area contributed by atoms with Crippen LogP contribution in [-0.2, 0) is 4.79 Å². The number of anilines is 1. The highest BCUT2D eigenvalue weighted by atomic mass is 16.4. The fourth-order valence-electron chi connectivity index (χ4n) is 1.39. The van der Waals surface area contributed by atoms with E-state index in [9.17, 15) is 14.4 Å². The SMILES string of the molecule is CCNCC(=O)Nc1cc(C(=O)O)cc(C(=O)O)c1. The molecule has 1 rings (SSSR count). The molecule has 0 heterocycles. The molecular weight excluding hydrogens is 252 g/mol. The van der Waals surface area contributed by atoms with Gasteiger partial charge in [0.1, 0.15) is 0 Å². The normalized spacial score (nSPS) is 9.95. The molecule has 0 unspecified atom stereocenters. The van der Waals surface area contributed by atoms with E-state index in [4.69, 9.17) is 10.2 Å².